The fraction of sp³-hybridized carbons (Fsp3) is 0.370. The molecule has 0 bridgehead atoms. The number of esters is 1. The molecule has 0 saturated carbocycles. The van der Waals surface area contributed by atoms with E-state index in [1.807, 2.05) is 0 Å². The van der Waals surface area contributed by atoms with E-state index in [4.69, 9.17) is 19.0 Å². The van der Waals surface area contributed by atoms with Crippen LogP contribution in [0, 0.1) is 0 Å². The SMILES string of the molecule is CC(=O)CNCCCC(=O)Oc1c2ccccc2c(OC(=O)NCCCCC(=O)O)c2oc(C(C)=O)cc12. The second kappa shape index (κ2) is 13.3. The molecule has 1 heterocycles. The zero-order valence-corrected chi connectivity index (χ0v) is 21.3. The molecular formula is C27H30N2O9. The topological polar surface area (TPSA) is 161 Å². The monoisotopic (exact) mass is 526 g/mol. The van der Waals surface area contributed by atoms with Crippen molar-refractivity contribution in [1.82, 2.24) is 10.6 Å². The Hall–Kier alpha value is -4.25. The first-order valence-corrected chi connectivity index (χ1v) is 12.2. The number of carboxylic acids is 1. The van der Waals surface area contributed by atoms with Gasteiger partial charge in [-0.2, -0.15) is 0 Å². The summed E-state index contributed by atoms with van der Waals surface area (Å²) >= 11 is 0. The van der Waals surface area contributed by atoms with Gasteiger partial charge in [-0.3, -0.25) is 19.2 Å². The van der Waals surface area contributed by atoms with E-state index in [0.717, 1.165) is 0 Å². The van der Waals surface area contributed by atoms with Crippen molar-refractivity contribution in [2.45, 2.75) is 46.0 Å². The molecule has 0 radical (unpaired) electrons. The Labute approximate surface area is 218 Å². The molecule has 2 aromatic carbocycles. The lowest BCUT2D eigenvalue weighted by Crippen LogP contribution is -2.28. The highest BCUT2D eigenvalue weighted by Gasteiger charge is 2.24. The van der Waals surface area contributed by atoms with Crippen molar-refractivity contribution in [3.63, 3.8) is 0 Å². The summed E-state index contributed by atoms with van der Waals surface area (Å²) in [5.41, 5.74) is 0.0702. The quantitative estimate of drug-likeness (QED) is 0.121. The molecule has 11 nitrogen and oxygen atoms in total. The van der Waals surface area contributed by atoms with Gasteiger partial charge in [-0.15, -0.1) is 0 Å². The lowest BCUT2D eigenvalue weighted by Gasteiger charge is -2.14. The molecule has 3 aromatic rings. The lowest BCUT2D eigenvalue weighted by molar-refractivity contribution is -0.137. The molecule has 38 heavy (non-hydrogen) atoms. The summed E-state index contributed by atoms with van der Waals surface area (Å²) in [6.45, 7) is 3.68. The number of hydrogen-bond donors (Lipinski definition) is 3. The Kier molecular flexibility index (Phi) is 9.94. The number of amides is 1. The highest BCUT2D eigenvalue weighted by Crippen LogP contribution is 2.44. The van der Waals surface area contributed by atoms with E-state index < -0.39 is 18.0 Å². The lowest BCUT2D eigenvalue weighted by atomic mass is 10.0. The van der Waals surface area contributed by atoms with Crippen LogP contribution in [0.3, 0.4) is 0 Å². The van der Waals surface area contributed by atoms with E-state index in [-0.39, 0.29) is 60.3 Å². The average molecular weight is 527 g/mol. The third kappa shape index (κ3) is 7.62. The van der Waals surface area contributed by atoms with Gasteiger partial charge in [0.15, 0.2) is 22.9 Å². The van der Waals surface area contributed by atoms with E-state index in [2.05, 4.69) is 10.6 Å². The molecular weight excluding hydrogens is 496 g/mol. The molecule has 1 amide bonds. The summed E-state index contributed by atoms with van der Waals surface area (Å²) in [4.78, 5) is 59.0. The number of carboxylic acid groups (broad SMARTS) is 1. The summed E-state index contributed by atoms with van der Waals surface area (Å²) in [6.07, 6.45) is 0.598. The molecule has 0 fully saturated rings. The number of fused-ring (bicyclic) bond motifs is 2. The molecule has 0 spiro atoms. The van der Waals surface area contributed by atoms with Crippen molar-refractivity contribution in [3.05, 3.63) is 36.1 Å². The van der Waals surface area contributed by atoms with Crippen molar-refractivity contribution in [3.8, 4) is 11.5 Å². The number of ether oxygens (including phenoxy) is 2. The number of carbonyl (C=O) groups excluding carboxylic acids is 4. The summed E-state index contributed by atoms with van der Waals surface area (Å²) in [5.74, 6) is -1.57. The molecule has 3 N–H and O–H groups in total. The Morgan fingerprint density at radius 2 is 1.58 bits per heavy atom. The van der Waals surface area contributed by atoms with Gasteiger partial charge in [0.05, 0.1) is 11.9 Å². The fourth-order valence-corrected chi connectivity index (χ4v) is 3.77. The second-order valence-electron chi connectivity index (χ2n) is 8.74. The highest BCUT2D eigenvalue weighted by atomic mass is 16.6. The van der Waals surface area contributed by atoms with Crippen LogP contribution < -0.4 is 20.1 Å². The van der Waals surface area contributed by atoms with E-state index in [1.54, 1.807) is 24.3 Å². The van der Waals surface area contributed by atoms with Crippen molar-refractivity contribution < 1.29 is 43.0 Å². The van der Waals surface area contributed by atoms with Crippen LogP contribution in [0.15, 0.2) is 34.7 Å². The first-order chi connectivity index (χ1) is 18.2. The van der Waals surface area contributed by atoms with Crippen LogP contribution in [-0.4, -0.2) is 54.3 Å². The number of nitrogens with one attached hydrogen (secondary N) is 2. The van der Waals surface area contributed by atoms with Gasteiger partial charge in [-0.1, -0.05) is 24.3 Å². The van der Waals surface area contributed by atoms with Crippen LogP contribution >= 0.6 is 0 Å². The number of Topliss-reactive ketones (excluding diaryl/α,β-unsaturated/α-hetero) is 2. The number of hydrogen-bond acceptors (Lipinski definition) is 9. The Morgan fingerprint density at radius 3 is 2.24 bits per heavy atom. The van der Waals surface area contributed by atoms with E-state index >= 15 is 0 Å². The number of carbonyl (C=O) groups is 5. The maximum Gasteiger partial charge on any atom is 0.412 e. The standard InChI is InChI=1S/C27H30N2O9/c1-16(30)15-28-12-7-11-23(34)37-24-18-8-3-4-9-19(18)25(26-20(24)14-21(36-26)17(2)31)38-27(35)29-13-6-5-10-22(32)33/h3-4,8-9,14,28H,5-7,10-13,15H2,1-2H3,(H,29,35)(H,32,33). The van der Waals surface area contributed by atoms with Crippen molar-refractivity contribution in [1.29, 1.82) is 0 Å². The van der Waals surface area contributed by atoms with Gasteiger partial charge in [0.2, 0.25) is 0 Å². The zero-order chi connectivity index (χ0) is 27.7. The number of furan rings is 1. The van der Waals surface area contributed by atoms with Crippen molar-refractivity contribution >= 4 is 51.3 Å². The van der Waals surface area contributed by atoms with Gasteiger partial charge in [0, 0.05) is 37.1 Å². The molecule has 0 atom stereocenters. The second-order valence-corrected chi connectivity index (χ2v) is 8.74. The summed E-state index contributed by atoms with van der Waals surface area (Å²) in [5, 5.41) is 15.4. The number of aliphatic carboxylic acids is 1. The minimum absolute atomic E-state index is 0.0000308. The summed E-state index contributed by atoms with van der Waals surface area (Å²) in [7, 11) is 0. The highest BCUT2D eigenvalue weighted by molar-refractivity contribution is 6.12. The molecule has 202 valence electrons. The van der Waals surface area contributed by atoms with Crippen LogP contribution in [-0.2, 0) is 14.4 Å². The molecule has 0 saturated heterocycles. The average Bonchev–Trinajstić information content (AvgIpc) is 3.31. The maximum atomic E-state index is 12.7. The van der Waals surface area contributed by atoms with Crippen LogP contribution in [0.5, 0.6) is 11.5 Å². The van der Waals surface area contributed by atoms with Crippen LogP contribution in [0.4, 0.5) is 4.79 Å². The normalized spacial score (nSPS) is 10.9. The Morgan fingerprint density at radius 1 is 0.868 bits per heavy atom. The molecule has 11 heteroatoms. The van der Waals surface area contributed by atoms with Gasteiger partial charge in [-0.25, -0.2) is 4.79 Å². The van der Waals surface area contributed by atoms with Gasteiger partial charge in [-0.05, 0) is 38.8 Å². The Bertz CT molecular complexity index is 1270. The summed E-state index contributed by atoms with van der Waals surface area (Å²) < 4.78 is 17.1. The molecule has 0 aliphatic carbocycles. The van der Waals surface area contributed by atoms with E-state index in [9.17, 15) is 24.0 Å². The third-order valence-electron chi connectivity index (χ3n) is 5.55. The Balaban J connectivity index is 1.87. The molecule has 0 unspecified atom stereocenters. The smallest absolute Gasteiger partial charge is 0.412 e. The number of rotatable bonds is 14. The third-order valence-corrected chi connectivity index (χ3v) is 5.55. The number of benzene rings is 2. The molecule has 3 rings (SSSR count). The maximum absolute atomic E-state index is 12.7. The predicted molar refractivity (Wildman–Crippen MR) is 138 cm³/mol. The number of unbranched alkanes of at least 4 members (excludes halogenated alkanes) is 1. The van der Waals surface area contributed by atoms with Crippen molar-refractivity contribution in [2.24, 2.45) is 0 Å². The molecule has 0 aliphatic rings. The molecule has 1 aromatic heterocycles. The first-order valence-electron chi connectivity index (χ1n) is 12.2. The van der Waals surface area contributed by atoms with Crippen molar-refractivity contribution in [2.75, 3.05) is 19.6 Å². The first kappa shape index (κ1) is 28.3. The minimum atomic E-state index is -0.911. The largest absolute Gasteiger partial charge is 0.481 e. The van der Waals surface area contributed by atoms with E-state index in [1.165, 1.54) is 19.9 Å². The fourth-order valence-electron chi connectivity index (χ4n) is 3.77. The number of ketones is 2. The summed E-state index contributed by atoms with van der Waals surface area (Å²) in [6, 6.07) is 8.26. The van der Waals surface area contributed by atoms with Gasteiger partial charge in [0.25, 0.3) is 0 Å². The van der Waals surface area contributed by atoms with Gasteiger partial charge >= 0.3 is 18.0 Å². The van der Waals surface area contributed by atoms with Crippen LogP contribution in [0.1, 0.15) is 56.5 Å². The van der Waals surface area contributed by atoms with Gasteiger partial charge < -0.3 is 29.6 Å². The molecule has 0 aliphatic heterocycles. The van der Waals surface area contributed by atoms with Crippen LogP contribution in [0.25, 0.3) is 21.7 Å². The predicted octanol–water partition coefficient (Wildman–Crippen LogP) is 4.00. The zero-order valence-electron chi connectivity index (χ0n) is 21.3. The van der Waals surface area contributed by atoms with Crippen LogP contribution in [0.2, 0.25) is 0 Å². The van der Waals surface area contributed by atoms with E-state index in [0.29, 0.717) is 42.0 Å². The van der Waals surface area contributed by atoms with Gasteiger partial charge in [0.1, 0.15) is 11.5 Å². The minimum Gasteiger partial charge on any atom is -0.481 e.